The average Bonchev–Trinajstić information content (AvgIpc) is 2.69. The third kappa shape index (κ3) is 6.15. The van der Waals surface area contributed by atoms with Gasteiger partial charge in [-0.1, -0.05) is 24.5 Å². The van der Waals surface area contributed by atoms with Gasteiger partial charge in [0.15, 0.2) is 5.96 Å². The van der Waals surface area contributed by atoms with Crippen molar-refractivity contribution in [3.05, 3.63) is 11.6 Å². The Balaban J connectivity index is 0.00000180. The molecule has 2 N–H and O–H groups in total. The standard InChI is InChI=1S/C15H27N3.HI/c16-15(18-12-6-1-2-7-13-18)17-11-10-14-8-4-3-5-9-14;/h8H,1-7,9-13H2,(H2,16,17);1H. The number of halogens is 1. The lowest BCUT2D eigenvalue weighted by Crippen LogP contribution is -2.38. The Bertz CT molecular complexity index is 305. The largest absolute Gasteiger partial charge is 0.370 e. The lowest BCUT2D eigenvalue weighted by Gasteiger charge is -2.21. The molecule has 1 heterocycles. The molecule has 0 bridgehead atoms. The highest BCUT2D eigenvalue weighted by atomic mass is 127. The molecule has 2 aliphatic rings. The van der Waals surface area contributed by atoms with E-state index in [2.05, 4.69) is 16.0 Å². The number of guanidine groups is 1. The van der Waals surface area contributed by atoms with Gasteiger partial charge in [0.05, 0.1) is 0 Å². The molecule has 4 heteroatoms. The van der Waals surface area contributed by atoms with Gasteiger partial charge in [0.25, 0.3) is 0 Å². The predicted molar refractivity (Wildman–Crippen MR) is 93.1 cm³/mol. The fourth-order valence-corrected chi connectivity index (χ4v) is 2.85. The van der Waals surface area contributed by atoms with Crippen molar-refractivity contribution in [1.29, 1.82) is 0 Å². The van der Waals surface area contributed by atoms with Gasteiger partial charge in [0.2, 0.25) is 0 Å². The summed E-state index contributed by atoms with van der Waals surface area (Å²) in [6, 6.07) is 0. The van der Waals surface area contributed by atoms with Crippen LogP contribution in [-0.2, 0) is 0 Å². The molecule has 1 fully saturated rings. The van der Waals surface area contributed by atoms with Gasteiger partial charge in [0.1, 0.15) is 0 Å². The van der Waals surface area contributed by atoms with E-state index in [1.807, 2.05) is 0 Å². The van der Waals surface area contributed by atoms with E-state index < -0.39 is 0 Å². The predicted octanol–water partition coefficient (Wildman–Crippen LogP) is 3.69. The maximum atomic E-state index is 6.09. The number of nitrogens with two attached hydrogens (primary N) is 1. The number of hydrogen-bond acceptors (Lipinski definition) is 1. The minimum atomic E-state index is 0. The molecule has 0 aromatic carbocycles. The van der Waals surface area contributed by atoms with Crippen molar-refractivity contribution in [3.8, 4) is 0 Å². The quantitative estimate of drug-likeness (QED) is 0.353. The molecule has 0 radical (unpaired) electrons. The van der Waals surface area contributed by atoms with Crippen LogP contribution in [0, 0.1) is 0 Å². The summed E-state index contributed by atoms with van der Waals surface area (Å²) < 4.78 is 0. The smallest absolute Gasteiger partial charge is 0.191 e. The lowest BCUT2D eigenvalue weighted by molar-refractivity contribution is 0.428. The third-order valence-electron chi connectivity index (χ3n) is 4.02. The first kappa shape index (κ1) is 16.8. The first-order valence-electron chi connectivity index (χ1n) is 7.59. The van der Waals surface area contributed by atoms with E-state index in [1.54, 1.807) is 5.57 Å². The molecule has 1 saturated heterocycles. The molecule has 0 aromatic rings. The SMILES string of the molecule is I.NC(=NCCC1=CCCCC1)N1CCCCCC1. The topological polar surface area (TPSA) is 41.6 Å². The van der Waals surface area contributed by atoms with Crippen molar-refractivity contribution in [1.82, 2.24) is 4.90 Å². The summed E-state index contributed by atoms with van der Waals surface area (Å²) >= 11 is 0. The average molecular weight is 377 g/mol. The van der Waals surface area contributed by atoms with Gasteiger partial charge < -0.3 is 10.6 Å². The molecular formula is C15H28IN3. The number of nitrogens with zero attached hydrogens (tertiary/aromatic N) is 2. The Hall–Kier alpha value is -0.260. The molecule has 110 valence electrons. The lowest BCUT2D eigenvalue weighted by atomic mass is 9.97. The maximum absolute atomic E-state index is 6.09. The molecule has 3 nitrogen and oxygen atoms in total. The van der Waals surface area contributed by atoms with Crippen LogP contribution < -0.4 is 5.73 Å². The monoisotopic (exact) mass is 377 g/mol. The summed E-state index contributed by atoms with van der Waals surface area (Å²) in [5, 5.41) is 0. The summed E-state index contributed by atoms with van der Waals surface area (Å²) in [4.78, 5) is 6.83. The second kappa shape index (κ2) is 9.61. The minimum Gasteiger partial charge on any atom is -0.370 e. The van der Waals surface area contributed by atoms with E-state index in [9.17, 15) is 0 Å². The first-order chi connectivity index (χ1) is 8.86. The molecule has 2 rings (SSSR count). The highest BCUT2D eigenvalue weighted by Gasteiger charge is 2.10. The zero-order chi connectivity index (χ0) is 12.6. The van der Waals surface area contributed by atoms with E-state index >= 15 is 0 Å². The van der Waals surface area contributed by atoms with Crippen molar-refractivity contribution >= 4 is 29.9 Å². The van der Waals surface area contributed by atoms with E-state index in [0.717, 1.165) is 32.0 Å². The molecule has 0 aromatic heterocycles. The Labute approximate surface area is 134 Å². The summed E-state index contributed by atoms with van der Waals surface area (Å²) in [7, 11) is 0. The third-order valence-corrected chi connectivity index (χ3v) is 4.02. The number of aliphatic imine (C=N–C) groups is 1. The molecule has 0 atom stereocenters. The van der Waals surface area contributed by atoms with Crippen LogP contribution >= 0.6 is 24.0 Å². The number of rotatable bonds is 3. The minimum absolute atomic E-state index is 0. The second-order valence-electron chi connectivity index (χ2n) is 5.50. The zero-order valence-electron chi connectivity index (χ0n) is 11.9. The Morgan fingerprint density at radius 2 is 1.84 bits per heavy atom. The van der Waals surface area contributed by atoms with Crippen molar-refractivity contribution in [2.24, 2.45) is 10.7 Å². The molecule has 1 aliphatic carbocycles. The van der Waals surface area contributed by atoms with Crippen LogP contribution in [0.2, 0.25) is 0 Å². The number of allylic oxidation sites excluding steroid dienone is 1. The van der Waals surface area contributed by atoms with Crippen LogP contribution in [0.5, 0.6) is 0 Å². The normalized spacial score (nSPS) is 21.4. The van der Waals surface area contributed by atoms with Crippen molar-refractivity contribution in [3.63, 3.8) is 0 Å². The molecule has 0 saturated carbocycles. The van der Waals surface area contributed by atoms with Crippen LogP contribution in [0.3, 0.4) is 0 Å². The summed E-state index contributed by atoms with van der Waals surface area (Å²) in [5.74, 6) is 0.772. The van der Waals surface area contributed by atoms with Crippen LogP contribution in [0.1, 0.15) is 57.8 Å². The van der Waals surface area contributed by atoms with E-state index in [1.165, 1.54) is 51.4 Å². The Kier molecular flexibility index (Phi) is 8.50. The van der Waals surface area contributed by atoms with Gasteiger partial charge in [-0.25, -0.2) is 0 Å². The van der Waals surface area contributed by atoms with Gasteiger partial charge in [-0.2, -0.15) is 0 Å². The first-order valence-corrected chi connectivity index (χ1v) is 7.59. The molecule has 0 amide bonds. The summed E-state index contributed by atoms with van der Waals surface area (Å²) in [6.45, 7) is 3.06. The van der Waals surface area contributed by atoms with E-state index in [4.69, 9.17) is 5.73 Å². The molecular weight excluding hydrogens is 349 g/mol. The van der Waals surface area contributed by atoms with Crippen LogP contribution in [0.25, 0.3) is 0 Å². The van der Waals surface area contributed by atoms with Gasteiger partial charge in [-0.05, 0) is 44.9 Å². The second-order valence-corrected chi connectivity index (χ2v) is 5.50. The fourth-order valence-electron chi connectivity index (χ4n) is 2.85. The Morgan fingerprint density at radius 1 is 1.11 bits per heavy atom. The highest BCUT2D eigenvalue weighted by Crippen LogP contribution is 2.19. The van der Waals surface area contributed by atoms with E-state index in [0.29, 0.717) is 0 Å². The van der Waals surface area contributed by atoms with Crippen molar-refractivity contribution in [2.75, 3.05) is 19.6 Å². The summed E-state index contributed by atoms with van der Waals surface area (Å²) in [5.41, 5.74) is 7.68. The molecule has 0 unspecified atom stereocenters. The molecule has 19 heavy (non-hydrogen) atoms. The molecule has 0 spiro atoms. The van der Waals surface area contributed by atoms with Crippen molar-refractivity contribution < 1.29 is 0 Å². The number of hydrogen-bond donors (Lipinski definition) is 1. The fraction of sp³-hybridized carbons (Fsp3) is 0.800. The van der Waals surface area contributed by atoms with Crippen LogP contribution in [0.4, 0.5) is 0 Å². The highest BCUT2D eigenvalue weighted by molar-refractivity contribution is 14.0. The number of likely N-dealkylation sites (tertiary alicyclic amines) is 1. The summed E-state index contributed by atoms with van der Waals surface area (Å²) in [6.07, 6.45) is 14.0. The van der Waals surface area contributed by atoms with Gasteiger partial charge >= 0.3 is 0 Å². The molecule has 1 aliphatic heterocycles. The van der Waals surface area contributed by atoms with Gasteiger partial charge in [0, 0.05) is 19.6 Å². The Morgan fingerprint density at radius 3 is 2.47 bits per heavy atom. The zero-order valence-corrected chi connectivity index (χ0v) is 14.3. The maximum Gasteiger partial charge on any atom is 0.191 e. The van der Waals surface area contributed by atoms with Gasteiger partial charge in [-0.3, -0.25) is 4.99 Å². The van der Waals surface area contributed by atoms with Crippen LogP contribution in [0.15, 0.2) is 16.6 Å². The van der Waals surface area contributed by atoms with Crippen molar-refractivity contribution in [2.45, 2.75) is 57.8 Å². The van der Waals surface area contributed by atoms with Gasteiger partial charge in [-0.15, -0.1) is 24.0 Å². The van der Waals surface area contributed by atoms with Crippen LogP contribution in [-0.4, -0.2) is 30.5 Å². The van der Waals surface area contributed by atoms with E-state index in [-0.39, 0.29) is 24.0 Å².